The minimum atomic E-state index is -0.102. The van der Waals surface area contributed by atoms with Gasteiger partial charge in [-0.15, -0.1) is 0 Å². The Bertz CT molecular complexity index is 943. The fraction of sp³-hybridized carbons (Fsp3) is 0.273. The maximum absolute atomic E-state index is 12.4. The Morgan fingerprint density at radius 2 is 1.78 bits per heavy atom. The molecule has 140 valence electrons. The summed E-state index contributed by atoms with van der Waals surface area (Å²) in [6.45, 7) is 7.25. The summed E-state index contributed by atoms with van der Waals surface area (Å²) in [5, 5.41) is 16.9. The molecule has 0 aliphatic heterocycles. The molecule has 0 fully saturated rings. The van der Waals surface area contributed by atoms with Crippen LogP contribution in [-0.4, -0.2) is 27.3 Å². The predicted molar refractivity (Wildman–Crippen MR) is 107 cm³/mol. The quantitative estimate of drug-likeness (QED) is 0.705. The predicted octanol–water partition coefficient (Wildman–Crippen LogP) is 3.40. The number of benzene rings is 2. The first-order chi connectivity index (χ1) is 13.0. The summed E-state index contributed by atoms with van der Waals surface area (Å²) in [6.07, 6.45) is 0. The van der Waals surface area contributed by atoms with E-state index in [0.717, 1.165) is 28.1 Å². The second-order valence-electron chi connectivity index (χ2n) is 6.67. The Morgan fingerprint density at radius 3 is 2.41 bits per heavy atom. The van der Waals surface area contributed by atoms with E-state index in [1.165, 1.54) is 5.56 Å². The van der Waals surface area contributed by atoms with Crippen molar-refractivity contribution in [3.05, 3.63) is 76.6 Å². The summed E-state index contributed by atoms with van der Waals surface area (Å²) in [5.74, 6) is -0.102. The number of amides is 1. The number of hydrogen-bond donors (Lipinski definition) is 2. The monoisotopic (exact) mass is 363 g/mol. The Labute approximate surface area is 159 Å². The highest BCUT2D eigenvalue weighted by Gasteiger charge is 2.09. The first-order valence-corrected chi connectivity index (χ1v) is 9.09. The van der Waals surface area contributed by atoms with Gasteiger partial charge in [0.05, 0.1) is 18.8 Å². The average Bonchev–Trinajstić information content (AvgIpc) is 2.94. The fourth-order valence-corrected chi connectivity index (χ4v) is 3.12. The van der Waals surface area contributed by atoms with Crippen molar-refractivity contribution in [2.24, 2.45) is 0 Å². The van der Waals surface area contributed by atoms with Gasteiger partial charge in [0.2, 0.25) is 0 Å². The van der Waals surface area contributed by atoms with Crippen molar-refractivity contribution < 1.29 is 9.90 Å². The lowest BCUT2D eigenvalue weighted by molar-refractivity contribution is 0.0952. The summed E-state index contributed by atoms with van der Waals surface area (Å²) in [6, 6.07) is 15.2. The molecule has 0 unspecified atom stereocenters. The smallest absolute Gasteiger partial charge is 0.251 e. The molecular formula is C22H25N3O2. The molecule has 2 aromatic carbocycles. The molecule has 2 N–H and O–H groups in total. The molecule has 3 rings (SSSR count). The lowest BCUT2D eigenvalue weighted by Crippen LogP contribution is -2.27. The van der Waals surface area contributed by atoms with Gasteiger partial charge in [-0.05, 0) is 55.2 Å². The molecule has 27 heavy (non-hydrogen) atoms. The van der Waals surface area contributed by atoms with E-state index in [1.54, 1.807) is 0 Å². The molecule has 0 aliphatic carbocycles. The summed E-state index contributed by atoms with van der Waals surface area (Å²) in [5.41, 5.74) is 6.80. The molecule has 0 bridgehead atoms. The van der Waals surface area contributed by atoms with Crippen LogP contribution in [0.1, 0.15) is 32.9 Å². The summed E-state index contributed by atoms with van der Waals surface area (Å²) >= 11 is 0. The van der Waals surface area contributed by atoms with Gasteiger partial charge < -0.3 is 10.4 Å². The zero-order valence-electron chi connectivity index (χ0n) is 16.0. The Kier molecular flexibility index (Phi) is 5.72. The molecule has 3 aromatic rings. The van der Waals surface area contributed by atoms with Crippen LogP contribution in [0.4, 0.5) is 0 Å². The highest BCUT2D eigenvalue weighted by atomic mass is 16.3. The Balaban J connectivity index is 1.63. The van der Waals surface area contributed by atoms with Crippen LogP contribution in [0, 0.1) is 20.8 Å². The first kappa shape index (κ1) is 18.9. The van der Waals surface area contributed by atoms with Crippen molar-refractivity contribution in [2.45, 2.75) is 33.9 Å². The van der Waals surface area contributed by atoms with Crippen LogP contribution < -0.4 is 5.32 Å². The number of nitrogens with zero attached hydrogens (tertiary/aromatic N) is 2. The van der Waals surface area contributed by atoms with Gasteiger partial charge in [-0.25, -0.2) is 0 Å². The number of aliphatic hydroxyl groups excluding tert-OH is 1. The number of aliphatic hydroxyl groups is 1. The van der Waals surface area contributed by atoms with Crippen LogP contribution >= 0.6 is 0 Å². The standard InChI is InChI=1S/C22H25N3O2/c1-15-16(2)24-25(17(15)3)13-12-23-22(27)19-10-8-18(9-11-19)21-7-5-4-6-20(21)14-26/h4-11,26H,12-14H2,1-3H3,(H,23,27). The van der Waals surface area contributed by atoms with E-state index in [4.69, 9.17) is 0 Å². The first-order valence-electron chi connectivity index (χ1n) is 9.09. The average molecular weight is 363 g/mol. The van der Waals surface area contributed by atoms with E-state index in [9.17, 15) is 9.90 Å². The maximum Gasteiger partial charge on any atom is 0.251 e. The Morgan fingerprint density at radius 1 is 1.07 bits per heavy atom. The highest BCUT2D eigenvalue weighted by molar-refractivity contribution is 5.94. The van der Waals surface area contributed by atoms with Crippen molar-refractivity contribution in [3.8, 4) is 11.1 Å². The molecule has 5 heteroatoms. The van der Waals surface area contributed by atoms with E-state index in [-0.39, 0.29) is 12.5 Å². The zero-order valence-corrected chi connectivity index (χ0v) is 16.0. The SMILES string of the molecule is Cc1nn(CCNC(=O)c2ccc(-c3ccccc3CO)cc2)c(C)c1C. The molecule has 0 aliphatic rings. The van der Waals surface area contributed by atoms with Gasteiger partial charge >= 0.3 is 0 Å². The lowest BCUT2D eigenvalue weighted by Gasteiger charge is -2.10. The number of aryl methyl sites for hydroxylation is 1. The van der Waals surface area contributed by atoms with Crippen molar-refractivity contribution in [2.75, 3.05) is 6.54 Å². The van der Waals surface area contributed by atoms with Gasteiger partial charge in [-0.2, -0.15) is 5.10 Å². The molecule has 0 radical (unpaired) electrons. The van der Waals surface area contributed by atoms with Gasteiger partial charge in [0.1, 0.15) is 0 Å². The van der Waals surface area contributed by atoms with Crippen LogP contribution in [0.3, 0.4) is 0 Å². The molecule has 1 amide bonds. The lowest BCUT2D eigenvalue weighted by atomic mass is 9.99. The summed E-state index contributed by atoms with van der Waals surface area (Å²) < 4.78 is 1.93. The summed E-state index contributed by atoms with van der Waals surface area (Å²) in [7, 11) is 0. The molecule has 0 atom stereocenters. The van der Waals surface area contributed by atoms with Gasteiger partial charge in [0, 0.05) is 17.8 Å². The number of nitrogens with one attached hydrogen (secondary N) is 1. The van der Waals surface area contributed by atoms with Crippen LogP contribution in [0.2, 0.25) is 0 Å². The number of rotatable bonds is 6. The van der Waals surface area contributed by atoms with Crippen LogP contribution in [0.5, 0.6) is 0 Å². The zero-order chi connectivity index (χ0) is 19.4. The van der Waals surface area contributed by atoms with Gasteiger partial charge in [0.15, 0.2) is 0 Å². The van der Waals surface area contributed by atoms with E-state index < -0.39 is 0 Å². The molecule has 1 heterocycles. The third-order valence-electron chi connectivity index (χ3n) is 5.00. The number of carbonyl (C=O) groups is 1. The second kappa shape index (κ2) is 8.18. The van der Waals surface area contributed by atoms with Crippen LogP contribution in [-0.2, 0) is 13.2 Å². The molecule has 0 saturated heterocycles. The normalized spacial score (nSPS) is 10.8. The molecule has 5 nitrogen and oxygen atoms in total. The highest BCUT2D eigenvalue weighted by Crippen LogP contribution is 2.24. The van der Waals surface area contributed by atoms with E-state index >= 15 is 0 Å². The fourth-order valence-electron chi connectivity index (χ4n) is 3.12. The number of hydrogen-bond acceptors (Lipinski definition) is 3. The van der Waals surface area contributed by atoms with E-state index in [2.05, 4.69) is 17.3 Å². The van der Waals surface area contributed by atoms with Gasteiger partial charge in [-0.1, -0.05) is 36.4 Å². The minimum absolute atomic E-state index is 0.00972. The topological polar surface area (TPSA) is 67.2 Å². The van der Waals surface area contributed by atoms with Crippen molar-refractivity contribution in [1.82, 2.24) is 15.1 Å². The maximum atomic E-state index is 12.4. The van der Waals surface area contributed by atoms with Gasteiger partial charge in [-0.3, -0.25) is 9.48 Å². The Hall–Kier alpha value is -2.92. The minimum Gasteiger partial charge on any atom is -0.392 e. The number of aromatic nitrogens is 2. The third kappa shape index (κ3) is 4.09. The van der Waals surface area contributed by atoms with E-state index in [0.29, 0.717) is 18.7 Å². The van der Waals surface area contributed by atoms with Crippen molar-refractivity contribution in [3.63, 3.8) is 0 Å². The largest absolute Gasteiger partial charge is 0.392 e. The van der Waals surface area contributed by atoms with Crippen molar-refractivity contribution in [1.29, 1.82) is 0 Å². The molecule has 1 aromatic heterocycles. The number of carbonyl (C=O) groups excluding carboxylic acids is 1. The van der Waals surface area contributed by atoms with E-state index in [1.807, 2.05) is 67.1 Å². The molecular weight excluding hydrogens is 338 g/mol. The molecule has 0 spiro atoms. The van der Waals surface area contributed by atoms with Crippen LogP contribution in [0.25, 0.3) is 11.1 Å². The third-order valence-corrected chi connectivity index (χ3v) is 5.00. The molecule has 0 saturated carbocycles. The second-order valence-corrected chi connectivity index (χ2v) is 6.67. The van der Waals surface area contributed by atoms with Crippen molar-refractivity contribution >= 4 is 5.91 Å². The van der Waals surface area contributed by atoms with Gasteiger partial charge in [0.25, 0.3) is 5.91 Å². The van der Waals surface area contributed by atoms with Crippen LogP contribution in [0.15, 0.2) is 48.5 Å². The summed E-state index contributed by atoms with van der Waals surface area (Å²) in [4.78, 5) is 12.4.